The smallest absolute Gasteiger partial charge is 0.202 e. The van der Waals surface area contributed by atoms with Crippen LogP contribution in [0.1, 0.15) is 0 Å². The SMILES string of the molecule is O=C1C=CC(=O)C(Nc2ccccc2)=C1. The van der Waals surface area contributed by atoms with Crippen LogP contribution in [0.4, 0.5) is 5.69 Å². The number of anilines is 1. The van der Waals surface area contributed by atoms with Gasteiger partial charge in [0.1, 0.15) is 0 Å². The Labute approximate surface area is 87.1 Å². The number of nitrogens with one attached hydrogen (secondary N) is 1. The van der Waals surface area contributed by atoms with E-state index in [1.165, 1.54) is 18.2 Å². The fourth-order valence-corrected chi connectivity index (χ4v) is 1.28. The van der Waals surface area contributed by atoms with Crippen molar-refractivity contribution in [2.24, 2.45) is 0 Å². The highest BCUT2D eigenvalue weighted by molar-refractivity contribution is 6.18. The summed E-state index contributed by atoms with van der Waals surface area (Å²) in [5, 5.41) is 2.90. The van der Waals surface area contributed by atoms with E-state index in [1.54, 1.807) is 0 Å². The molecule has 0 aliphatic heterocycles. The first-order valence-electron chi connectivity index (χ1n) is 4.56. The van der Waals surface area contributed by atoms with Gasteiger partial charge in [-0.15, -0.1) is 0 Å². The third kappa shape index (κ3) is 2.20. The molecule has 0 fully saturated rings. The van der Waals surface area contributed by atoms with Gasteiger partial charge in [0, 0.05) is 11.8 Å². The van der Waals surface area contributed by atoms with Crippen molar-refractivity contribution in [1.82, 2.24) is 0 Å². The Balaban J connectivity index is 2.19. The van der Waals surface area contributed by atoms with E-state index in [-0.39, 0.29) is 11.6 Å². The van der Waals surface area contributed by atoms with Crippen molar-refractivity contribution in [3.8, 4) is 0 Å². The summed E-state index contributed by atoms with van der Waals surface area (Å²) in [6, 6.07) is 9.25. The number of allylic oxidation sites excluding steroid dienone is 3. The normalized spacial score (nSPS) is 15.1. The lowest BCUT2D eigenvalue weighted by molar-refractivity contribution is -0.114. The van der Waals surface area contributed by atoms with E-state index < -0.39 is 0 Å². The molecular weight excluding hydrogens is 190 g/mol. The van der Waals surface area contributed by atoms with Crippen LogP contribution in [0, 0.1) is 0 Å². The molecule has 0 heterocycles. The zero-order valence-corrected chi connectivity index (χ0v) is 7.94. The molecule has 0 unspecified atom stereocenters. The van der Waals surface area contributed by atoms with Crippen molar-refractivity contribution in [1.29, 1.82) is 0 Å². The first-order chi connectivity index (χ1) is 7.25. The van der Waals surface area contributed by atoms with Gasteiger partial charge in [0.25, 0.3) is 0 Å². The molecular formula is C12H9NO2. The molecule has 3 nitrogen and oxygen atoms in total. The van der Waals surface area contributed by atoms with E-state index in [1.807, 2.05) is 30.3 Å². The topological polar surface area (TPSA) is 46.2 Å². The third-order valence-electron chi connectivity index (χ3n) is 2.00. The van der Waals surface area contributed by atoms with Crippen LogP contribution in [0.2, 0.25) is 0 Å². The predicted molar refractivity (Wildman–Crippen MR) is 57.3 cm³/mol. The highest BCUT2D eigenvalue weighted by Gasteiger charge is 2.12. The average molecular weight is 199 g/mol. The number of carbonyl (C=O) groups is 2. The maximum atomic E-state index is 11.4. The lowest BCUT2D eigenvalue weighted by atomic mass is 10.1. The summed E-state index contributed by atoms with van der Waals surface area (Å²) in [5.41, 5.74) is 1.11. The van der Waals surface area contributed by atoms with Gasteiger partial charge in [-0.05, 0) is 24.3 Å². The van der Waals surface area contributed by atoms with E-state index in [0.29, 0.717) is 5.70 Å². The molecule has 3 heteroatoms. The molecule has 0 radical (unpaired) electrons. The summed E-state index contributed by atoms with van der Waals surface area (Å²) < 4.78 is 0. The van der Waals surface area contributed by atoms with Crippen molar-refractivity contribution >= 4 is 17.3 Å². The molecule has 15 heavy (non-hydrogen) atoms. The Kier molecular flexibility index (Phi) is 2.46. The lowest BCUT2D eigenvalue weighted by Gasteiger charge is -2.09. The molecule has 0 aromatic heterocycles. The van der Waals surface area contributed by atoms with Crippen molar-refractivity contribution in [3.05, 3.63) is 54.3 Å². The van der Waals surface area contributed by atoms with Gasteiger partial charge >= 0.3 is 0 Å². The summed E-state index contributed by atoms with van der Waals surface area (Å²) in [4.78, 5) is 22.4. The minimum Gasteiger partial charge on any atom is -0.352 e. The Morgan fingerprint density at radius 2 is 1.67 bits per heavy atom. The van der Waals surface area contributed by atoms with Crippen LogP contribution in [0.25, 0.3) is 0 Å². The first-order valence-corrected chi connectivity index (χ1v) is 4.56. The molecule has 0 bridgehead atoms. The molecule has 1 aromatic rings. The van der Waals surface area contributed by atoms with E-state index in [4.69, 9.17) is 0 Å². The van der Waals surface area contributed by atoms with E-state index in [0.717, 1.165) is 5.69 Å². The maximum absolute atomic E-state index is 11.4. The second-order valence-electron chi connectivity index (χ2n) is 3.15. The minimum atomic E-state index is -0.182. The summed E-state index contributed by atoms with van der Waals surface area (Å²) >= 11 is 0. The molecule has 2 rings (SSSR count). The maximum Gasteiger partial charge on any atom is 0.202 e. The number of carbonyl (C=O) groups excluding carboxylic acids is 2. The van der Waals surface area contributed by atoms with Crippen molar-refractivity contribution in [2.75, 3.05) is 5.32 Å². The standard InChI is InChI=1S/C12H9NO2/c14-10-6-7-12(15)11(8-10)13-9-4-2-1-3-5-9/h1-8,13H. The summed E-state index contributed by atoms with van der Waals surface area (Å²) in [5.74, 6) is -0.355. The van der Waals surface area contributed by atoms with Gasteiger partial charge in [-0.3, -0.25) is 9.59 Å². The molecule has 1 aliphatic carbocycles. The van der Waals surface area contributed by atoms with Gasteiger partial charge in [-0.1, -0.05) is 18.2 Å². The Morgan fingerprint density at radius 3 is 2.40 bits per heavy atom. The molecule has 1 N–H and O–H groups in total. The number of hydrogen-bond acceptors (Lipinski definition) is 3. The quantitative estimate of drug-likeness (QED) is 0.737. The largest absolute Gasteiger partial charge is 0.352 e. The molecule has 1 aromatic carbocycles. The number of benzene rings is 1. The number of ketones is 2. The second kappa shape index (κ2) is 3.92. The predicted octanol–water partition coefficient (Wildman–Crippen LogP) is 1.69. The van der Waals surface area contributed by atoms with Gasteiger partial charge in [-0.25, -0.2) is 0 Å². The van der Waals surface area contributed by atoms with Gasteiger partial charge in [0.2, 0.25) is 5.78 Å². The first kappa shape index (κ1) is 9.40. The van der Waals surface area contributed by atoms with Crippen LogP contribution in [0.15, 0.2) is 54.3 Å². The third-order valence-corrected chi connectivity index (χ3v) is 2.00. The van der Waals surface area contributed by atoms with Crippen LogP contribution in [0.3, 0.4) is 0 Å². The average Bonchev–Trinajstić information content (AvgIpc) is 2.25. The van der Waals surface area contributed by atoms with Gasteiger partial charge in [0.05, 0.1) is 5.70 Å². The highest BCUT2D eigenvalue weighted by Crippen LogP contribution is 2.12. The zero-order chi connectivity index (χ0) is 10.7. The molecule has 74 valence electrons. The number of hydrogen-bond donors (Lipinski definition) is 1. The van der Waals surface area contributed by atoms with E-state index in [9.17, 15) is 9.59 Å². The van der Waals surface area contributed by atoms with Crippen molar-refractivity contribution < 1.29 is 9.59 Å². The Morgan fingerprint density at radius 1 is 0.933 bits per heavy atom. The van der Waals surface area contributed by atoms with Crippen LogP contribution in [-0.4, -0.2) is 11.6 Å². The summed E-state index contributed by atoms with van der Waals surface area (Å²) in [6.45, 7) is 0. The zero-order valence-electron chi connectivity index (χ0n) is 7.94. The van der Waals surface area contributed by atoms with Gasteiger partial charge < -0.3 is 5.32 Å². The molecule has 0 saturated heterocycles. The van der Waals surface area contributed by atoms with Gasteiger partial charge in [-0.2, -0.15) is 0 Å². The highest BCUT2D eigenvalue weighted by atomic mass is 16.1. The minimum absolute atomic E-state index is 0.173. The van der Waals surface area contributed by atoms with Crippen LogP contribution >= 0.6 is 0 Å². The molecule has 0 amide bonds. The van der Waals surface area contributed by atoms with Crippen molar-refractivity contribution in [3.63, 3.8) is 0 Å². The van der Waals surface area contributed by atoms with Crippen LogP contribution < -0.4 is 5.32 Å². The van der Waals surface area contributed by atoms with Crippen LogP contribution in [0.5, 0.6) is 0 Å². The summed E-state index contributed by atoms with van der Waals surface area (Å²) in [7, 11) is 0. The molecule has 0 atom stereocenters. The molecule has 0 spiro atoms. The van der Waals surface area contributed by atoms with E-state index >= 15 is 0 Å². The number of para-hydroxylation sites is 1. The monoisotopic (exact) mass is 199 g/mol. The lowest BCUT2D eigenvalue weighted by Crippen LogP contribution is -2.14. The van der Waals surface area contributed by atoms with Crippen molar-refractivity contribution in [2.45, 2.75) is 0 Å². The fourth-order valence-electron chi connectivity index (χ4n) is 1.28. The second-order valence-corrected chi connectivity index (χ2v) is 3.15. The van der Waals surface area contributed by atoms with Crippen LogP contribution in [-0.2, 0) is 9.59 Å². The fraction of sp³-hybridized carbons (Fsp3) is 0. The Hall–Kier alpha value is -2.16. The Bertz CT molecular complexity index is 458. The summed E-state index contributed by atoms with van der Waals surface area (Å²) in [6.07, 6.45) is 3.83. The van der Waals surface area contributed by atoms with E-state index in [2.05, 4.69) is 5.32 Å². The molecule has 0 saturated carbocycles. The molecule has 1 aliphatic rings. The van der Waals surface area contributed by atoms with Gasteiger partial charge in [0.15, 0.2) is 5.78 Å². The number of rotatable bonds is 2.